The summed E-state index contributed by atoms with van der Waals surface area (Å²) in [6, 6.07) is 0. The first kappa shape index (κ1) is 12.8. The van der Waals surface area contributed by atoms with Gasteiger partial charge in [-0.1, -0.05) is 0 Å². The first-order chi connectivity index (χ1) is 4.21. The van der Waals surface area contributed by atoms with E-state index in [0.29, 0.717) is 0 Å². The Morgan fingerprint density at radius 3 is 1.27 bits per heavy atom. The molecule has 0 unspecified atom stereocenters. The van der Waals surface area contributed by atoms with Crippen molar-refractivity contribution >= 4 is 57.1 Å². The topological polar surface area (TPSA) is 49.7 Å². The molecule has 0 spiro atoms. The van der Waals surface area contributed by atoms with Gasteiger partial charge in [0.2, 0.25) is 0 Å². The van der Waals surface area contributed by atoms with Gasteiger partial charge in [-0.05, 0) is 0 Å². The van der Waals surface area contributed by atoms with Crippen LogP contribution >= 0.6 is 57.1 Å². The zero-order valence-corrected chi connectivity index (χ0v) is 9.28. The van der Waals surface area contributed by atoms with Gasteiger partial charge in [-0.15, -0.1) is 0 Å². The predicted octanol–water partition coefficient (Wildman–Crippen LogP) is 4.14. The molecule has 0 radical (unpaired) electrons. The molecule has 11 heteroatoms. The quantitative estimate of drug-likeness (QED) is 0.752. The van der Waals surface area contributed by atoms with Crippen LogP contribution in [0.25, 0.3) is 0 Å². The van der Waals surface area contributed by atoms with Crippen molar-refractivity contribution in [3.8, 4) is 0 Å². The van der Waals surface area contributed by atoms with Crippen molar-refractivity contribution in [1.29, 1.82) is 0 Å². The van der Waals surface area contributed by atoms with E-state index in [1.807, 2.05) is 0 Å². The molecule has 0 aliphatic rings. The fourth-order valence-corrected chi connectivity index (χ4v) is 5.50. The van der Waals surface area contributed by atoms with Gasteiger partial charge >= 0.3 is 79.6 Å². The molecule has 0 saturated carbocycles. The molecule has 0 rings (SSSR count). The standard InChI is InChI=1S/Cl4F2H2O3P2/c1-10(2,3,4)9-11(5,6,7)8/h7-8H. The summed E-state index contributed by atoms with van der Waals surface area (Å²) in [5.74, 6) is 0. The van der Waals surface area contributed by atoms with Gasteiger partial charge in [0.1, 0.15) is 0 Å². The first-order valence-electron chi connectivity index (χ1n) is 1.78. The van der Waals surface area contributed by atoms with E-state index in [2.05, 4.69) is 4.31 Å². The van der Waals surface area contributed by atoms with Crippen LogP contribution in [-0.4, -0.2) is 9.79 Å². The number of halogens is 6. The molecular weight excluding hydrogens is 290 g/mol. The van der Waals surface area contributed by atoms with E-state index in [1.165, 1.54) is 0 Å². The van der Waals surface area contributed by atoms with E-state index in [1.54, 1.807) is 0 Å². The minimum absolute atomic E-state index is 3.10. The minimum atomic E-state index is -7.29. The third-order valence-electron chi connectivity index (χ3n) is 0.258. The normalized spacial score (nSPS) is 21.5. The van der Waals surface area contributed by atoms with Gasteiger partial charge in [0.25, 0.3) is 0 Å². The van der Waals surface area contributed by atoms with Gasteiger partial charge in [-0.25, -0.2) is 0 Å². The second-order valence-electron chi connectivity index (χ2n) is 1.50. The van der Waals surface area contributed by atoms with Gasteiger partial charge in [0.15, 0.2) is 0 Å². The summed E-state index contributed by atoms with van der Waals surface area (Å²) in [7, 11) is -7.29. The van der Waals surface area contributed by atoms with Crippen LogP contribution < -0.4 is 0 Å². The van der Waals surface area contributed by atoms with E-state index in [0.717, 1.165) is 0 Å². The molecular formula is H2Cl4F2O3P2. The zero-order chi connectivity index (χ0) is 9.60. The Morgan fingerprint density at radius 1 is 1.00 bits per heavy atom. The third-order valence-corrected chi connectivity index (χ3v) is 4.55. The summed E-state index contributed by atoms with van der Waals surface area (Å²) in [5.41, 5.74) is 0. The van der Waals surface area contributed by atoms with E-state index in [9.17, 15) is 8.39 Å². The molecule has 2 N–H and O–H groups in total. The molecule has 0 aromatic carbocycles. The molecule has 0 aromatic heterocycles. The fraction of sp³-hybridized carbons (Fsp3) is 0. The summed E-state index contributed by atoms with van der Waals surface area (Å²) in [6.45, 7) is 0. The third kappa shape index (κ3) is 11.8. The molecule has 3 nitrogen and oxygen atoms in total. The zero-order valence-electron chi connectivity index (χ0n) is 4.46. The number of hydrogen-bond acceptors (Lipinski definition) is 3. The Kier molecular flexibility index (Phi) is 3.05. The molecule has 0 bridgehead atoms. The molecule has 0 amide bonds. The van der Waals surface area contributed by atoms with Crippen molar-refractivity contribution in [2.24, 2.45) is 0 Å². The SMILES string of the molecule is OP(O)(F)(F)OP(Cl)(Cl)(Cl)Cl. The van der Waals surface area contributed by atoms with Crippen LogP contribution in [0.4, 0.5) is 8.39 Å². The fourth-order valence-electron chi connectivity index (χ4n) is 0.204. The molecule has 0 fully saturated rings. The van der Waals surface area contributed by atoms with Crippen molar-refractivity contribution in [2.75, 3.05) is 0 Å². The van der Waals surface area contributed by atoms with Crippen LogP contribution in [0, 0.1) is 0 Å². The Balaban J connectivity index is 4.55. The Hall–Kier alpha value is 1.76. The Labute approximate surface area is 79.7 Å². The van der Waals surface area contributed by atoms with Gasteiger partial charge in [0.05, 0.1) is 0 Å². The van der Waals surface area contributed by atoms with Crippen LogP contribution in [0.1, 0.15) is 0 Å². The van der Waals surface area contributed by atoms with Crippen LogP contribution in [0.3, 0.4) is 0 Å². The Bertz CT molecular complexity index is 139. The van der Waals surface area contributed by atoms with Crippen molar-refractivity contribution in [3.63, 3.8) is 0 Å². The molecule has 0 aliphatic heterocycles. The van der Waals surface area contributed by atoms with Crippen LogP contribution in [-0.2, 0) is 4.31 Å². The van der Waals surface area contributed by atoms with Gasteiger partial charge in [0, 0.05) is 0 Å². The monoisotopic (exact) mass is 290 g/mol. The van der Waals surface area contributed by atoms with Gasteiger partial charge < -0.3 is 0 Å². The van der Waals surface area contributed by atoms with Crippen molar-refractivity contribution in [3.05, 3.63) is 0 Å². The average Bonchev–Trinajstić information content (AvgIpc) is 1.04. The summed E-state index contributed by atoms with van der Waals surface area (Å²) in [5, 5.41) is 0. The average molecular weight is 292 g/mol. The van der Waals surface area contributed by atoms with Gasteiger partial charge in [-0.3, -0.25) is 0 Å². The van der Waals surface area contributed by atoms with Gasteiger partial charge in [-0.2, -0.15) is 0 Å². The van der Waals surface area contributed by atoms with Crippen LogP contribution in [0.5, 0.6) is 0 Å². The molecule has 11 heavy (non-hydrogen) atoms. The summed E-state index contributed by atoms with van der Waals surface area (Å²) in [6.07, 6.45) is 0. The van der Waals surface area contributed by atoms with E-state index >= 15 is 0 Å². The molecule has 0 aromatic rings. The van der Waals surface area contributed by atoms with Crippen LogP contribution in [0.2, 0.25) is 0 Å². The summed E-state index contributed by atoms with van der Waals surface area (Å²) >= 11 is 19.2. The maximum absolute atomic E-state index is 11.9. The number of rotatable bonds is 2. The van der Waals surface area contributed by atoms with Crippen molar-refractivity contribution < 1.29 is 22.5 Å². The molecule has 72 valence electrons. The van der Waals surface area contributed by atoms with E-state index in [-0.39, 0.29) is 0 Å². The predicted molar refractivity (Wildman–Crippen MR) is 45.0 cm³/mol. The number of hydrogen-bond donors (Lipinski definition) is 2. The molecule has 0 aliphatic carbocycles. The summed E-state index contributed by atoms with van der Waals surface area (Å²) in [4.78, 5) is 15.6. The molecule has 0 heterocycles. The summed E-state index contributed by atoms with van der Waals surface area (Å²) < 4.78 is 21.7. The second-order valence-corrected chi connectivity index (χ2v) is 15.8. The van der Waals surface area contributed by atoms with Crippen LogP contribution in [0.15, 0.2) is 0 Å². The first-order valence-corrected chi connectivity index (χ1v) is 9.39. The second kappa shape index (κ2) is 2.63. The van der Waals surface area contributed by atoms with E-state index < -0.39 is 12.1 Å². The molecule has 0 saturated heterocycles. The maximum atomic E-state index is 11.9. The van der Waals surface area contributed by atoms with E-state index in [4.69, 9.17) is 54.8 Å². The Morgan fingerprint density at radius 2 is 1.27 bits per heavy atom. The molecule has 0 atom stereocenters. The van der Waals surface area contributed by atoms with Crippen molar-refractivity contribution in [1.82, 2.24) is 0 Å². The van der Waals surface area contributed by atoms with Crippen molar-refractivity contribution in [2.45, 2.75) is 0 Å².